The highest BCUT2D eigenvalue weighted by Gasteiger charge is 2.56. The van der Waals surface area contributed by atoms with Gasteiger partial charge in [-0.15, -0.1) is 0 Å². The van der Waals surface area contributed by atoms with Gasteiger partial charge in [-0.3, -0.25) is 9.59 Å². The molecular weight excluding hydrogens is 972 g/mol. The van der Waals surface area contributed by atoms with Crippen molar-refractivity contribution in [3.05, 3.63) is 12.2 Å². The quantitative estimate of drug-likeness (QED) is 0.0388. The third kappa shape index (κ3) is 13.5. The molecule has 0 spiro atoms. The van der Waals surface area contributed by atoms with Gasteiger partial charge in [-0.05, 0) is 69.6 Å². The van der Waals surface area contributed by atoms with E-state index in [1.807, 2.05) is 0 Å². The minimum atomic E-state index is -2.00. The highest BCUT2D eigenvalue weighted by Crippen LogP contribution is 2.45. The van der Waals surface area contributed by atoms with E-state index in [0.29, 0.717) is 25.7 Å². The minimum absolute atomic E-state index is 0.0207. The monoisotopic (exact) mass is 1040 g/mol. The van der Waals surface area contributed by atoms with Crippen LogP contribution in [-0.4, -0.2) is 261 Å². The Morgan fingerprint density at radius 1 is 0.514 bits per heavy atom. The third-order valence-electron chi connectivity index (χ3n) is 14.9. The van der Waals surface area contributed by atoms with Crippen LogP contribution in [0.25, 0.3) is 0 Å². The van der Waals surface area contributed by atoms with Crippen molar-refractivity contribution in [1.82, 2.24) is 0 Å². The number of hydrogen-bond donors (Lipinski definition) is 15. The van der Waals surface area contributed by atoms with Gasteiger partial charge < -0.3 is 119 Å². The second-order valence-corrected chi connectivity index (χ2v) is 20.0. The zero-order valence-electron chi connectivity index (χ0n) is 39.0. The summed E-state index contributed by atoms with van der Waals surface area (Å²) in [5.74, 6) is -5.19. The molecule has 10 unspecified atom stereocenters. The minimum Gasteiger partial charge on any atom is -0.481 e. The fraction of sp³-hybridized carbons (Fsp3) is 0.889. The van der Waals surface area contributed by atoms with Crippen LogP contribution >= 0.6 is 0 Å². The molecule has 27 nitrogen and oxygen atoms in total. The maximum absolute atomic E-state index is 12.7. The molecule has 7 fully saturated rings. The number of carboxylic acid groups (broad SMARTS) is 1. The average Bonchev–Trinajstić information content (AvgIpc) is 3.34. The molecule has 7 aliphatic rings. The molecule has 4 aliphatic heterocycles. The van der Waals surface area contributed by atoms with E-state index in [-0.39, 0.29) is 38.0 Å². The molecule has 0 bridgehead atoms. The highest BCUT2D eigenvalue weighted by atomic mass is 16.7. The van der Waals surface area contributed by atoms with Gasteiger partial charge in [0.25, 0.3) is 0 Å². The summed E-state index contributed by atoms with van der Waals surface area (Å²) >= 11 is 0. The van der Waals surface area contributed by atoms with Gasteiger partial charge in [0.1, 0.15) is 99.0 Å². The van der Waals surface area contributed by atoms with Crippen LogP contribution in [-0.2, 0) is 57.0 Å². The number of carboxylic acids is 1. The summed E-state index contributed by atoms with van der Waals surface area (Å²) in [5, 5.41) is 160. The Bertz CT molecular complexity index is 1800. The van der Waals surface area contributed by atoms with Gasteiger partial charge in [0, 0.05) is 12.0 Å². The lowest BCUT2D eigenvalue weighted by Crippen LogP contribution is -2.64. The van der Waals surface area contributed by atoms with Crippen molar-refractivity contribution < 1.29 is 134 Å². The maximum Gasteiger partial charge on any atom is 0.330 e. The molecule has 15 N–H and O–H groups in total. The lowest BCUT2D eigenvalue weighted by molar-refractivity contribution is -0.349. The number of allylic oxidation sites excluding steroid dienone is 1. The van der Waals surface area contributed by atoms with Crippen LogP contribution in [0, 0.1) is 17.8 Å². The predicted octanol–water partition coefficient (Wildman–Crippen LogP) is -6.71. The number of aliphatic carboxylic acids is 1. The predicted molar refractivity (Wildman–Crippen MR) is 230 cm³/mol. The van der Waals surface area contributed by atoms with Gasteiger partial charge in [-0.2, -0.15) is 0 Å². The summed E-state index contributed by atoms with van der Waals surface area (Å²) in [4.78, 5) is 35.8. The molecule has 3 aliphatic carbocycles. The molecule has 0 aromatic carbocycles. The summed E-state index contributed by atoms with van der Waals surface area (Å²) < 4.78 is 52.7. The lowest BCUT2D eigenvalue weighted by atomic mass is 9.72. The number of ether oxygens (including phenoxy) is 9. The van der Waals surface area contributed by atoms with Crippen LogP contribution in [0.2, 0.25) is 0 Å². The van der Waals surface area contributed by atoms with E-state index in [4.69, 9.17) is 47.7 Å². The van der Waals surface area contributed by atoms with Crippen molar-refractivity contribution in [2.24, 2.45) is 17.8 Å². The van der Waals surface area contributed by atoms with Crippen LogP contribution in [0.3, 0.4) is 0 Å². The zero-order valence-corrected chi connectivity index (χ0v) is 39.0. The molecule has 0 amide bonds. The van der Waals surface area contributed by atoms with Crippen molar-refractivity contribution in [3.8, 4) is 0 Å². The first kappa shape index (κ1) is 57.0. The van der Waals surface area contributed by atoms with Crippen LogP contribution in [0.4, 0.5) is 0 Å². The Morgan fingerprint density at radius 3 is 1.54 bits per heavy atom. The SMILES string of the molecule is O=C(O)CC(=O)OC[C@H]1O[C@@H](OC2CC3C(O)CC(O)CC3OC2C2CC(O[C@@H]3O[C@H](CO)[C@@H](O)[C@H](O)[C@H]3O)C(O)C(O[C@@H]3O[C@H](COC(=O)C=CC4CCC(O)CC4)[C@@H](O)[C@H](O)[C@H]3O)C2)[C@H](O)[C@@H](O)[C@@H]1O. The van der Waals surface area contributed by atoms with Gasteiger partial charge >= 0.3 is 17.9 Å². The summed E-state index contributed by atoms with van der Waals surface area (Å²) in [5.41, 5.74) is 0. The van der Waals surface area contributed by atoms with E-state index in [1.54, 1.807) is 6.08 Å². The first-order valence-corrected chi connectivity index (χ1v) is 24.4. The molecule has 412 valence electrons. The first-order valence-electron chi connectivity index (χ1n) is 24.4. The normalized spacial score (nSPS) is 48.1. The van der Waals surface area contributed by atoms with Gasteiger partial charge in [0.05, 0.1) is 55.4 Å². The Morgan fingerprint density at radius 2 is 1.01 bits per heavy atom. The fourth-order valence-corrected chi connectivity index (χ4v) is 10.8. The number of aliphatic hydroxyl groups is 14. The number of rotatable bonds is 16. The van der Waals surface area contributed by atoms with E-state index >= 15 is 0 Å². The molecule has 4 heterocycles. The van der Waals surface area contributed by atoms with Crippen LogP contribution in [0.5, 0.6) is 0 Å². The van der Waals surface area contributed by atoms with E-state index in [9.17, 15) is 85.9 Å². The Labute approximate surface area is 411 Å². The maximum atomic E-state index is 12.7. The molecular formula is C45H70O27. The molecule has 7 rings (SSSR count). The molecule has 0 aromatic heterocycles. The molecule has 3 saturated carbocycles. The summed E-state index contributed by atoms with van der Waals surface area (Å²) in [6.07, 6.45) is -34.4. The summed E-state index contributed by atoms with van der Waals surface area (Å²) in [6.45, 7) is -2.26. The summed E-state index contributed by atoms with van der Waals surface area (Å²) in [6, 6.07) is 0. The number of carbonyl (C=O) groups is 3. The number of fused-ring (bicyclic) bond motifs is 1. The molecule has 4 saturated heterocycles. The van der Waals surface area contributed by atoms with E-state index in [1.165, 1.54) is 6.08 Å². The number of aliphatic hydroxyl groups excluding tert-OH is 14. The standard InChI is InChI=1S/C45H70O27/c46-13-26-33(55)36(58)39(61)43(70-26)67-23-7-17(8-24(32(23)54)68-44-40(62)37(59)34(56)27(71-44)14-64-30(52)6-3-16-1-4-18(47)5-2-16)42-25(11-20-21(49)9-19(48)10-22(20)66-42)69-45-41(63)38(60)35(57)28(72-45)15-65-31(53)12-29(50)51/h3,6,16-28,32-49,54-63H,1-2,4-5,7-15H2,(H,50,51)/t16?,17?,18?,19?,20?,21?,22?,23?,24?,25?,26-,27-,28-,32?,33-,34-,35-,36+,37+,38+,39-,40-,41-,42?,43-,44-,45-/m1/s1. The molecule has 0 aromatic rings. The van der Waals surface area contributed by atoms with Crippen molar-refractivity contribution in [1.29, 1.82) is 0 Å². The van der Waals surface area contributed by atoms with E-state index in [2.05, 4.69) is 0 Å². The van der Waals surface area contributed by atoms with Crippen molar-refractivity contribution in [2.75, 3.05) is 19.8 Å². The van der Waals surface area contributed by atoms with Gasteiger partial charge in [-0.1, -0.05) is 6.08 Å². The van der Waals surface area contributed by atoms with Crippen LogP contribution < -0.4 is 0 Å². The second kappa shape index (κ2) is 25.0. The van der Waals surface area contributed by atoms with Crippen LogP contribution in [0.1, 0.15) is 64.2 Å². The van der Waals surface area contributed by atoms with E-state index in [0.717, 1.165) is 0 Å². The van der Waals surface area contributed by atoms with Gasteiger partial charge in [0.15, 0.2) is 18.9 Å². The number of esters is 2. The topological polar surface area (TPSA) is 438 Å². The first-order chi connectivity index (χ1) is 34.1. The Hall–Kier alpha value is -2.69. The molecule has 27 heteroatoms. The zero-order chi connectivity index (χ0) is 52.3. The molecule has 72 heavy (non-hydrogen) atoms. The lowest BCUT2D eigenvalue weighted by Gasteiger charge is -2.52. The Balaban J connectivity index is 1.14. The molecule has 0 radical (unpaired) electrons. The largest absolute Gasteiger partial charge is 0.481 e. The number of hydrogen-bond acceptors (Lipinski definition) is 26. The fourth-order valence-electron chi connectivity index (χ4n) is 10.8. The second-order valence-electron chi connectivity index (χ2n) is 20.0. The van der Waals surface area contributed by atoms with E-state index < -0.39 is 203 Å². The van der Waals surface area contributed by atoms with Crippen molar-refractivity contribution >= 4 is 17.9 Å². The van der Waals surface area contributed by atoms with Gasteiger partial charge in [0.2, 0.25) is 0 Å². The average molecular weight is 1040 g/mol. The smallest absolute Gasteiger partial charge is 0.330 e. The van der Waals surface area contributed by atoms with Gasteiger partial charge in [-0.25, -0.2) is 4.79 Å². The number of carbonyl (C=O) groups excluding carboxylic acids is 2. The highest BCUT2D eigenvalue weighted by molar-refractivity contribution is 5.90. The van der Waals surface area contributed by atoms with Crippen molar-refractivity contribution in [2.45, 2.75) is 211 Å². The third-order valence-corrected chi connectivity index (χ3v) is 14.9. The Kier molecular flexibility index (Phi) is 19.8. The molecule has 25 atom stereocenters. The summed E-state index contributed by atoms with van der Waals surface area (Å²) in [7, 11) is 0. The van der Waals surface area contributed by atoms with Crippen LogP contribution in [0.15, 0.2) is 12.2 Å². The van der Waals surface area contributed by atoms with Crippen molar-refractivity contribution in [3.63, 3.8) is 0 Å².